The summed E-state index contributed by atoms with van der Waals surface area (Å²) in [6.07, 6.45) is 0.537. The molecular formula is C22H29N3O7. The second-order valence-electron chi connectivity index (χ2n) is 8.00. The fraction of sp³-hybridized carbons (Fsp3) is 0.455. The van der Waals surface area contributed by atoms with Crippen molar-refractivity contribution in [3.8, 4) is 0 Å². The van der Waals surface area contributed by atoms with Gasteiger partial charge in [0, 0.05) is 26.2 Å². The van der Waals surface area contributed by atoms with E-state index in [0.29, 0.717) is 37.4 Å². The summed E-state index contributed by atoms with van der Waals surface area (Å²) in [5.74, 6) is -1.82. The van der Waals surface area contributed by atoms with E-state index in [1.54, 1.807) is 54.8 Å². The van der Waals surface area contributed by atoms with E-state index in [1.807, 2.05) is 0 Å². The zero-order chi connectivity index (χ0) is 23.9. The molecule has 1 saturated heterocycles. The van der Waals surface area contributed by atoms with E-state index in [9.17, 15) is 19.2 Å². The molecule has 1 heterocycles. The van der Waals surface area contributed by atoms with Crippen molar-refractivity contribution in [3.05, 3.63) is 41.6 Å². The molecule has 10 heteroatoms. The van der Waals surface area contributed by atoms with Gasteiger partial charge in [-0.3, -0.25) is 4.79 Å². The zero-order valence-electron chi connectivity index (χ0n) is 19.0. The first-order chi connectivity index (χ1) is 15.1. The van der Waals surface area contributed by atoms with E-state index in [-0.39, 0.29) is 11.6 Å². The highest BCUT2D eigenvalue weighted by Gasteiger charge is 2.29. The molecule has 32 heavy (non-hydrogen) atoms. The minimum atomic E-state index is -0.788. The van der Waals surface area contributed by atoms with Crippen LogP contribution in [0.15, 0.2) is 36.0 Å². The van der Waals surface area contributed by atoms with Crippen LogP contribution in [0.4, 0.5) is 10.5 Å². The molecule has 0 bridgehead atoms. The van der Waals surface area contributed by atoms with Crippen LogP contribution in [-0.4, -0.2) is 79.7 Å². The third kappa shape index (κ3) is 6.73. The van der Waals surface area contributed by atoms with Gasteiger partial charge in [-0.25, -0.2) is 14.4 Å². The monoisotopic (exact) mass is 447 g/mol. The molecule has 10 nitrogen and oxygen atoms in total. The van der Waals surface area contributed by atoms with E-state index >= 15 is 0 Å². The first-order valence-electron chi connectivity index (χ1n) is 10.1. The van der Waals surface area contributed by atoms with Gasteiger partial charge in [0.1, 0.15) is 11.3 Å². The Labute approximate surface area is 187 Å². The average molecular weight is 447 g/mol. The SMILES string of the molecule is COC(=O)/C=C(/Nc1ccccc1C(=O)N1CCN(C(=O)OC(C)(C)C)CC1)C(=O)OC. The smallest absolute Gasteiger partial charge is 0.410 e. The van der Waals surface area contributed by atoms with Gasteiger partial charge in [0.2, 0.25) is 0 Å². The molecule has 2 amide bonds. The first-order valence-corrected chi connectivity index (χ1v) is 10.1. The number of hydrogen-bond acceptors (Lipinski definition) is 8. The van der Waals surface area contributed by atoms with Crippen molar-refractivity contribution in [1.29, 1.82) is 0 Å². The van der Waals surface area contributed by atoms with Crippen molar-refractivity contribution >= 4 is 29.6 Å². The molecule has 2 rings (SSSR count). The molecule has 1 fully saturated rings. The molecule has 1 N–H and O–H groups in total. The molecule has 0 atom stereocenters. The van der Waals surface area contributed by atoms with Crippen LogP contribution in [0.1, 0.15) is 31.1 Å². The van der Waals surface area contributed by atoms with Crippen LogP contribution in [0, 0.1) is 0 Å². The highest BCUT2D eigenvalue weighted by atomic mass is 16.6. The van der Waals surface area contributed by atoms with Gasteiger partial charge in [-0.15, -0.1) is 0 Å². The number of carbonyl (C=O) groups is 4. The van der Waals surface area contributed by atoms with Gasteiger partial charge in [-0.1, -0.05) is 12.1 Å². The maximum atomic E-state index is 13.1. The topological polar surface area (TPSA) is 114 Å². The number of methoxy groups -OCH3 is 2. The number of esters is 2. The number of nitrogens with one attached hydrogen (secondary N) is 1. The summed E-state index contributed by atoms with van der Waals surface area (Å²) in [7, 11) is 2.36. The predicted molar refractivity (Wildman–Crippen MR) is 116 cm³/mol. The molecule has 1 aliphatic heterocycles. The summed E-state index contributed by atoms with van der Waals surface area (Å²) < 4.78 is 14.6. The van der Waals surface area contributed by atoms with Crippen molar-refractivity contribution in [1.82, 2.24) is 9.80 Å². The van der Waals surface area contributed by atoms with Crippen LogP contribution in [-0.2, 0) is 23.8 Å². The van der Waals surface area contributed by atoms with Crippen molar-refractivity contribution < 1.29 is 33.4 Å². The largest absolute Gasteiger partial charge is 0.466 e. The molecule has 1 aromatic carbocycles. The van der Waals surface area contributed by atoms with Crippen LogP contribution in [0.25, 0.3) is 0 Å². The third-order valence-corrected chi connectivity index (χ3v) is 4.51. The minimum Gasteiger partial charge on any atom is -0.466 e. The van der Waals surface area contributed by atoms with Crippen molar-refractivity contribution in [2.75, 3.05) is 45.7 Å². The maximum absolute atomic E-state index is 13.1. The van der Waals surface area contributed by atoms with Gasteiger partial charge in [0.05, 0.1) is 31.5 Å². The fourth-order valence-corrected chi connectivity index (χ4v) is 2.95. The summed E-state index contributed by atoms with van der Waals surface area (Å²) in [5.41, 5.74) is -0.135. The molecule has 0 aromatic heterocycles. The molecule has 1 aliphatic rings. The Morgan fingerprint density at radius 1 is 0.938 bits per heavy atom. The van der Waals surface area contributed by atoms with Crippen molar-refractivity contribution in [3.63, 3.8) is 0 Å². The van der Waals surface area contributed by atoms with Crippen LogP contribution >= 0.6 is 0 Å². The van der Waals surface area contributed by atoms with E-state index in [2.05, 4.69) is 10.1 Å². The fourth-order valence-electron chi connectivity index (χ4n) is 2.95. The van der Waals surface area contributed by atoms with Crippen LogP contribution < -0.4 is 5.32 Å². The van der Waals surface area contributed by atoms with Gasteiger partial charge >= 0.3 is 18.0 Å². The average Bonchev–Trinajstić information content (AvgIpc) is 2.76. The van der Waals surface area contributed by atoms with E-state index in [0.717, 1.165) is 6.08 Å². The Kier molecular flexibility index (Phi) is 8.22. The van der Waals surface area contributed by atoms with Crippen LogP contribution in [0.3, 0.4) is 0 Å². The van der Waals surface area contributed by atoms with Crippen molar-refractivity contribution in [2.24, 2.45) is 0 Å². The van der Waals surface area contributed by atoms with E-state index in [4.69, 9.17) is 9.47 Å². The number of para-hydroxylation sites is 1. The number of ether oxygens (including phenoxy) is 3. The van der Waals surface area contributed by atoms with Gasteiger partial charge in [-0.05, 0) is 32.9 Å². The highest BCUT2D eigenvalue weighted by molar-refractivity contribution is 6.03. The summed E-state index contributed by atoms with van der Waals surface area (Å²) in [5, 5.41) is 2.79. The number of carbonyl (C=O) groups excluding carboxylic acids is 4. The summed E-state index contributed by atoms with van der Waals surface area (Å²) in [6.45, 7) is 6.73. The Hall–Kier alpha value is -3.56. The summed E-state index contributed by atoms with van der Waals surface area (Å²) >= 11 is 0. The third-order valence-electron chi connectivity index (χ3n) is 4.51. The van der Waals surface area contributed by atoms with Crippen LogP contribution in [0.5, 0.6) is 0 Å². The number of amides is 2. The number of benzene rings is 1. The lowest BCUT2D eigenvalue weighted by atomic mass is 10.1. The lowest BCUT2D eigenvalue weighted by Crippen LogP contribution is -2.51. The predicted octanol–water partition coefficient (Wildman–Crippen LogP) is 2.02. The zero-order valence-corrected chi connectivity index (χ0v) is 19.0. The molecule has 0 saturated carbocycles. The first kappa shape index (κ1) is 24.7. The van der Waals surface area contributed by atoms with E-state index in [1.165, 1.54) is 14.2 Å². The van der Waals surface area contributed by atoms with Gasteiger partial charge in [-0.2, -0.15) is 0 Å². The summed E-state index contributed by atoms with van der Waals surface area (Å²) in [4.78, 5) is 52.2. The standard InChI is InChI=1S/C22H29N3O7/c1-22(2,3)32-21(29)25-12-10-24(11-13-25)19(27)15-8-6-7-9-16(15)23-17(20(28)31-5)14-18(26)30-4/h6-9,14,23H,10-13H2,1-5H3/b17-14+. The lowest BCUT2D eigenvalue weighted by molar-refractivity contribution is -0.138. The maximum Gasteiger partial charge on any atom is 0.410 e. The quantitative estimate of drug-likeness (QED) is 0.414. The second-order valence-corrected chi connectivity index (χ2v) is 8.00. The van der Waals surface area contributed by atoms with Crippen molar-refractivity contribution in [2.45, 2.75) is 26.4 Å². The number of anilines is 1. The molecule has 0 spiro atoms. The Balaban J connectivity index is 2.14. The lowest BCUT2D eigenvalue weighted by Gasteiger charge is -2.35. The molecular weight excluding hydrogens is 418 g/mol. The Morgan fingerprint density at radius 3 is 2.09 bits per heavy atom. The summed E-state index contributed by atoms with van der Waals surface area (Å²) in [6, 6.07) is 6.60. The van der Waals surface area contributed by atoms with Gasteiger partial charge < -0.3 is 29.3 Å². The van der Waals surface area contributed by atoms with Crippen LogP contribution in [0.2, 0.25) is 0 Å². The number of rotatable bonds is 5. The molecule has 0 radical (unpaired) electrons. The highest BCUT2D eigenvalue weighted by Crippen LogP contribution is 2.21. The molecule has 0 unspecified atom stereocenters. The van der Waals surface area contributed by atoms with Gasteiger partial charge in [0.25, 0.3) is 5.91 Å². The molecule has 0 aliphatic carbocycles. The number of piperazine rings is 1. The molecule has 1 aromatic rings. The number of hydrogen-bond donors (Lipinski definition) is 1. The Morgan fingerprint density at radius 2 is 1.53 bits per heavy atom. The molecule has 174 valence electrons. The Bertz CT molecular complexity index is 897. The minimum absolute atomic E-state index is 0.172. The normalized spacial score (nSPS) is 14.5. The van der Waals surface area contributed by atoms with Gasteiger partial charge in [0.15, 0.2) is 0 Å². The second kappa shape index (κ2) is 10.7. The van der Waals surface area contributed by atoms with E-state index < -0.39 is 23.6 Å². The number of nitrogens with zero attached hydrogens (tertiary/aromatic N) is 2.